The molecule has 0 amide bonds. The number of benzene rings is 1. The number of anilines is 1. The average molecular weight is 187 g/mol. The lowest BCUT2D eigenvalue weighted by Gasteiger charge is -2.22. The number of fused-ring (bicyclic) bond motifs is 3. The second kappa shape index (κ2) is 2.74. The second-order valence-corrected chi connectivity index (χ2v) is 4.02. The van der Waals surface area contributed by atoms with Crippen molar-refractivity contribution in [2.75, 3.05) is 11.9 Å². The van der Waals surface area contributed by atoms with Crippen molar-refractivity contribution in [3.05, 3.63) is 24.3 Å². The van der Waals surface area contributed by atoms with Crippen molar-refractivity contribution in [3.8, 4) is 0 Å². The molecule has 1 atom stereocenters. The first kappa shape index (κ1) is 7.85. The molecule has 0 fully saturated rings. The van der Waals surface area contributed by atoms with Gasteiger partial charge in [-0.1, -0.05) is 19.1 Å². The molecule has 1 N–H and O–H groups in total. The molecule has 1 unspecified atom stereocenters. The minimum Gasteiger partial charge on any atom is -0.355 e. The molecule has 2 heterocycles. The third-order valence-corrected chi connectivity index (χ3v) is 2.76. The van der Waals surface area contributed by atoms with E-state index in [-0.39, 0.29) is 0 Å². The van der Waals surface area contributed by atoms with Gasteiger partial charge in [-0.3, -0.25) is 0 Å². The van der Waals surface area contributed by atoms with Gasteiger partial charge in [-0.2, -0.15) is 0 Å². The van der Waals surface area contributed by atoms with Gasteiger partial charge in [0.25, 0.3) is 0 Å². The minimum absolute atomic E-state index is 0.681. The van der Waals surface area contributed by atoms with Crippen molar-refractivity contribution in [3.63, 3.8) is 0 Å². The maximum Gasteiger partial charge on any atom is 0.203 e. The predicted octanol–water partition coefficient (Wildman–Crippen LogP) is 2.10. The highest BCUT2D eigenvalue weighted by Crippen LogP contribution is 2.23. The molecule has 14 heavy (non-hydrogen) atoms. The van der Waals surface area contributed by atoms with Crippen LogP contribution in [0.1, 0.15) is 6.92 Å². The molecule has 0 radical (unpaired) electrons. The Morgan fingerprint density at radius 1 is 1.43 bits per heavy atom. The van der Waals surface area contributed by atoms with Crippen molar-refractivity contribution in [1.82, 2.24) is 9.55 Å². The smallest absolute Gasteiger partial charge is 0.203 e. The predicted molar refractivity (Wildman–Crippen MR) is 57.4 cm³/mol. The van der Waals surface area contributed by atoms with E-state index in [1.54, 1.807) is 0 Å². The molecule has 3 nitrogen and oxygen atoms in total. The van der Waals surface area contributed by atoms with Crippen LogP contribution < -0.4 is 5.32 Å². The van der Waals surface area contributed by atoms with Crippen molar-refractivity contribution in [2.24, 2.45) is 5.92 Å². The molecule has 1 aromatic heterocycles. The standard InChI is InChI=1S/C11H13N3/c1-8-6-12-11-13-9-4-2-3-5-10(9)14(11)7-8/h2-5,8H,6-7H2,1H3,(H,12,13). The zero-order chi connectivity index (χ0) is 9.54. The molecule has 1 aliphatic heterocycles. The molecule has 1 aliphatic rings. The highest BCUT2D eigenvalue weighted by atomic mass is 15.2. The number of nitrogens with zero attached hydrogens (tertiary/aromatic N) is 2. The SMILES string of the molecule is CC1CNc2nc3ccccc3n2C1. The summed E-state index contributed by atoms with van der Waals surface area (Å²) in [5, 5.41) is 3.35. The van der Waals surface area contributed by atoms with E-state index < -0.39 is 0 Å². The highest BCUT2D eigenvalue weighted by molar-refractivity contribution is 5.78. The first-order chi connectivity index (χ1) is 6.84. The van der Waals surface area contributed by atoms with Gasteiger partial charge in [-0.15, -0.1) is 0 Å². The Bertz CT molecular complexity index is 472. The molecule has 0 saturated carbocycles. The van der Waals surface area contributed by atoms with E-state index in [1.165, 1.54) is 5.52 Å². The van der Waals surface area contributed by atoms with Crippen LogP contribution in [-0.2, 0) is 6.54 Å². The second-order valence-electron chi connectivity index (χ2n) is 4.02. The molecule has 0 aliphatic carbocycles. The van der Waals surface area contributed by atoms with E-state index in [2.05, 4.69) is 40.0 Å². The van der Waals surface area contributed by atoms with Crippen molar-refractivity contribution in [2.45, 2.75) is 13.5 Å². The molecule has 1 aromatic carbocycles. The summed E-state index contributed by atoms with van der Waals surface area (Å²) in [6, 6.07) is 8.29. The molecule has 0 bridgehead atoms. The van der Waals surface area contributed by atoms with Crippen LogP contribution in [0.15, 0.2) is 24.3 Å². The van der Waals surface area contributed by atoms with Gasteiger partial charge in [0.1, 0.15) is 0 Å². The van der Waals surface area contributed by atoms with Gasteiger partial charge >= 0.3 is 0 Å². The fourth-order valence-electron chi connectivity index (χ4n) is 2.04. The van der Waals surface area contributed by atoms with Crippen LogP contribution in [0, 0.1) is 5.92 Å². The normalized spacial score (nSPS) is 20.5. The summed E-state index contributed by atoms with van der Waals surface area (Å²) in [7, 11) is 0. The summed E-state index contributed by atoms with van der Waals surface area (Å²) in [6.45, 7) is 4.36. The fraction of sp³-hybridized carbons (Fsp3) is 0.364. The lowest BCUT2D eigenvalue weighted by Crippen LogP contribution is -2.25. The van der Waals surface area contributed by atoms with Crippen molar-refractivity contribution < 1.29 is 0 Å². The van der Waals surface area contributed by atoms with E-state index >= 15 is 0 Å². The molecular weight excluding hydrogens is 174 g/mol. The maximum atomic E-state index is 4.54. The van der Waals surface area contributed by atoms with Crippen LogP contribution in [0.2, 0.25) is 0 Å². The van der Waals surface area contributed by atoms with Crippen molar-refractivity contribution >= 4 is 17.0 Å². The lowest BCUT2D eigenvalue weighted by atomic mass is 10.1. The van der Waals surface area contributed by atoms with Crippen LogP contribution in [0.3, 0.4) is 0 Å². The zero-order valence-electron chi connectivity index (χ0n) is 8.20. The summed E-state index contributed by atoms with van der Waals surface area (Å²) in [5.74, 6) is 1.70. The first-order valence-corrected chi connectivity index (χ1v) is 5.04. The van der Waals surface area contributed by atoms with Gasteiger partial charge in [0, 0.05) is 13.1 Å². The number of aromatic nitrogens is 2. The summed E-state index contributed by atoms with van der Waals surface area (Å²) >= 11 is 0. The molecule has 3 rings (SSSR count). The number of nitrogens with one attached hydrogen (secondary N) is 1. The van der Waals surface area contributed by atoms with Crippen LogP contribution in [0.25, 0.3) is 11.0 Å². The molecular formula is C11H13N3. The van der Waals surface area contributed by atoms with E-state index in [1.807, 2.05) is 6.07 Å². The Morgan fingerprint density at radius 3 is 3.21 bits per heavy atom. The number of imidazole rings is 1. The topological polar surface area (TPSA) is 29.9 Å². The highest BCUT2D eigenvalue weighted by Gasteiger charge is 2.17. The van der Waals surface area contributed by atoms with Gasteiger partial charge in [-0.05, 0) is 18.1 Å². The first-order valence-electron chi connectivity index (χ1n) is 5.04. The van der Waals surface area contributed by atoms with Crippen LogP contribution in [0.4, 0.5) is 5.95 Å². The third-order valence-electron chi connectivity index (χ3n) is 2.76. The Kier molecular flexibility index (Phi) is 1.54. The summed E-state index contributed by atoms with van der Waals surface area (Å²) < 4.78 is 2.27. The Morgan fingerprint density at radius 2 is 2.29 bits per heavy atom. The fourth-order valence-corrected chi connectivity index (χ4v) is 2.04. The average Bonchev–Trinajstić information content (AvgIpc) is 2.56. The van der Waals surface area contributed by atoms with Crippen LogP contribution in [-0.4, -0.2) is 16.1 Å². The molecule has 0 saturated heterocycles. The van der Waals surface area contributed by atoms with Crippen LogP contribution >= 0.6 is 0 Å². The van der Waals surface area contributed by atoms with E-state index in [4.69, 9.17) is 0 Å². The van der Waals surface area contributed by atoms with Gasteiger partial charge in [0.2, 0.25) is 5.95 Å². The Hall–Kier alpha value is -1.51. The number of para-hydroxylation sites is 2. The summed E-state index contributed by atoms with van der Waals surface area (Å²) in [6.07, 6.45) is 0. The zero-order valence-corrected chi connectivity index (χ0v) is 8.20. The molecule has 0 spiro atoms. The monoisotopic (exact) mass is 187 g/mol. The van der Waals surface area contributed by atoms with Gasteiger partial charge in [0.15, 0.2) is 0 Å². The van der Waals surface area contributed by atoms with Gasteiger partial charge in [-0.25, -0.2) is 4.98 Å². The number of hydrogen-bond acceptors (Lipinski definition) is 2. The van der Waals surface area contributed by atoms with Crippen molar-refractivity contribution in [1.29, 1.82) is 0 Å². The van der Waals surface area contributed by atoms with Gasteiger partial charge in [0.05, 0.1) is 11.0 Å². The largest absolute Gasteiger partial charge is 0.355 e. The van der Waals surface area contributed by atoms with Gasteiger partial charge < -0.3 is 9.88 Å². The number of hydrogen-bond donors (Lipinski definition) is 1. The number of rotatable bonds is 0. The lowest BCUT2D eigenvalue weighted by molar-refractivity contribution is 0.486. The molecule has 2 aromatic rings. The third kappa shape index (κ3) is 1.02. The maximum absolute atomic E-state index is 4.54. The quantitative estimate of drug-likeness (QED) is 0.684. The van der Waals surface area contributed by atoms with Crippen LogP contribution in [0.5, 0.6) is 0 Å². The van der Waals surface area contributed by atoms with E-state index in [0.29, 0.717) is 5.92 Å². The van der Waals surface area contributed by atoms with E-state index in [9.17, 15) is 0 Å². The molecule has 72 valence electrons. The molecule has 3 heteroatoms. The Balaban J connectivity index is 2.25. The summed E-state index contributed by atoms with van der Waals surface area (Å²) in [5.41, 5.74) is 2.32. The Labute approximate surface area is 82.8 Å². The summed E-state index contributed by atoms with van der Waals surface area (Å²) in [4.78, 5) is 4.54. The minimum atomic E-state index is 0.681. The van der Waals surface area contributed by atoms with E-state index in [0.717, 1.165) is 24.6 Å².